The van der Waals surface area contributed by atoms with Crippen LogP contribution in [0.25, 0.3) is 0 Å². The molecule has 0 bridgehead atoms. The lowest BCUT2D eigenvalue weighted by Gasteiger charge is -2.13. The monoisotopic (exact) mass is 327 g/mol. The smallest absolute Gasteiger partial charge is 0.224 e. The number of rotatable bonds is 4. The first-order chi connectivity index (χ1) is 11.7. The molecule has 2 aliphatic heterocycles. The molecule has 4 rings (SSSR count). The van der Waals surface area contributed by atoms with Crippen LogP contribution in [0.3, 0.4) is 0 Å². The van der Waals surface area contributed by atoms with Crippen LogP contribution >= 0.6 is 0 Å². The molecule has 0 atom stereocenters. The van der Waals surface area contributed by atoms with Gasteiger partial charge in [0, 0.05) is 36.1 Å². The summed E-state index contributed by atoms with van der Waals surface area (Å²) >= 11 is 0. The minimum atomic E-state index is -0.280. The first-order valence-corrected chi connectivity index (χ1v) is 8.15. The number of ether oxygens (including phenoxy) is 2. The Morgan fingerprint density at radius 3 is 2.75 bits per heavy atom. The van der Waals surface area contributed by atoms with Crippen LogP contribution in [0.5, 0.6) is 11.5 Å². The minimum Gasteiger partial charge on any atom is -0.493 e. The summed E-state index contributed by atoms with van der Waals surface area (Å²) in [5.74, 6) is 1.40. The van der Waals surface area contributed by atoms with Crippen LogP contribution in [-0.2, 0) is 30.6 Å². The lowest BCUT2D eigenvalue weighted by atomic mass is 9.97. The average molecular weight is 327 g/mol. The molecule has 0 fully saturated rings. The quantitative estimate of drug-likeness (QED) is 0.939. The Morgan fingerprint density at radius 1 is 1.12 bits per heavy atom. The van der Waals surface area contributed by atoms with E-state index in [0.29, 0.717) is 19.8 Å². The predicted octanol–water partition coefficient (Wildman–Crippen LogP) is 2.55. The zero-order valence-electron chi connectivity index (χ0n) is 13.2. The van der Waals surface area contributed by atoms with Gasteiger partial charge in [0.2, 0.25) is 5.91 Å². The normalized spacial score (nSPS) is 14.5. The van der Waals surface area contributed by atoms with Gasteiger partial charge in [0.05, 0.1) is 19.6 Å². The molecule has 0 saturated heterocycles. The summed E-state index contributed by atoms with van der Waals surface area (Å²) in [6.45, 7) is 1.69. The van der Waals surface area contributed by atoms with Crippen molar-refractivity contribution in [2.45, 2.75) is 25.8 Å². The van der Waals surface area contributed by atoms with Crippen molar-refractivity contribution < 1.29 is 18.7 Å². The van der Waals surface area contributed by atoms with Crippen molar-refractivity contribution in [3.8, 4) is 11.5 Å². The Kier molecular flexibility index (Phi) is 3.84. The van der Waals surface area contributed by atoms with Gasteiger partial charge in [-0.1, -0.05) is 12.1 Å². The highest BCUT2D eigenvalue weighted by atomic mass is 19.1. The summed E-state index contributed by atoms with van der Waals surface area (Å²) in [6.07, 6.45) is 1.94. The fourth-order valence-electron chi connectivity index (χ4n) is 3.30. The fourth-order valence-corrected chi connectivity index (χ4v) is 3.30. The van der Waals surface area contributed by atoms with E-state index < -0.39 is 0 Å². The SMILES string of the molecule is O=C(Cc1c2c(cc3c1OCC3)OCC2)NCc1ccc(F)cc1. The summed E-state index contributed by atoms with van der Waals surface area (Å²) < 4.78 is 24.3. The van der Waals surface area contributed by atoms with Crippen molar-refractivity contribution in [1.82, 2.24) is 5.32 Å². The number of halogens is 1. The summed E-state index contributed by atoms with van der Waals surface area (Å²) in [5.41, 5.74) is 4.03. The maximum atomic E-state index is 12.9. The molecule has 0 saturated carbocycles. The third-order valence-electron chi connectivity index (χ3n) is 4.50. The first kappa shape index (κ1) is 15.0. The molecule has 124 valence electrons. The molecular formula is C19H18FNO3. The molecule has 2 aromatic rings. The highest BCUT2D eigenvalue weighted by Crippen LogP contribution is 2.40. The number of hydrogen-bond acceptors (Lipinski definition) is 3. The zero-order valence-corrected chi connectivity index (χ0v) is 13.2. The van der Waals surface area contributed by atoms with E-state index >= 15 is 0 Å². The Balaban J connectivity index is 1.49. The molecule has 24 heavy (non-hydrogen) atoms. The lowest BCUT2D eigenvalue weighted by molar-refractivity contribution is -0.120. The summed E-state index contributed by atoms with van der Waals surface area (Å²) in [7, 11) is 0. The molecule has 0 unspecified atom stereocenters. The van der Waals surface area contributed by atoms with Crippen LogP contribution in [0, 0.1) is 5.82 Å². The number of nitrogens with one attached hydrogen (secondary N) is 1. The maximum absolute atomic E-state index is 12.9. The van der Waals surface area contributed by atoms with Crippen molar-refractivity contribution in [2.75, 3.05) is 13.2 Å². The fraction of sp³-hybridized carbons (Fsp3) is 0.316. The van der Waals surface area contributed by atoms with Crippen molar-refractivity contribution in [1.29, 1.82) is 0 Å². The van der Waals surface area contributed by atoms with Crippen molar-refractivity contribution in [2.24, 2.45) is 0 Å². The van der Waals surface area contributed by atoms with Gasteiger partial charge in [-0.2, -0.15) is 0 Å². The van der Waals surface area contributed by atoms with Gasteiger partial charge < -0.3 is 14.8 Å². The van der Waals surface area contributed by atoms with Crippen LogP contribution in [0.2, 0.25) is 0 Å². The van der Waals surface area contributed by atoms with Crippen molar-refractivity contribution in [3.63, 3.8) is 0 Å². The van der Waals surface area contributed by atoms with Crippen LogP contribution in [-0.4, -0.2) is 19.1 Å². The largest absolute Gasteiger partial charge is 0.493 e. The van der Waals surface area contributed by atoms with Crippen LogP contribution in [0.15, 0.2) is 30.3 Å². The molecule has 1 amide bonds. The Labute approximate surface area is 139 Å². The predicted molar refractivity (Wildman–Crippen MR) is 86.8 cm³/mol. The van der Waals surface area contributed by atoms with Crippen LogP contribution < -0.4 is 14.8 Å². The van der Waals surface area contributed by atoms with E-state index in [0.717, 1.165) is 46.6 Å². The third kappa shape index (κ3) is 2.82. The summed E-state index contributed by atoms with van der Waals surface area (Å²) in [5, 5.41) is 2.89. The Morgan fingerprint density at radius 2 is 1.92 bits per heavy atom. The van der Waals surface area contributed by atoms with E-state index in [2.05, 4.69) is 5.32 Å². The molecule has 2 heterocycles. The number of hydrogen-bond donors (Lipinski definition) is 1. The van der Waals surface area contributed by atoms with Gasteiger partial charge in [-0.05, 0) is 23.8 Å². The molecular weight excluding hydrogens is 309 g/mol. The molecule has 0 spiro atoms. The number of carbonyl (C=O) groups is 1. The van der Waals surface area contributed by atoms with Gasteiger partial charge in [-0.25, -0.2) is 4.39 Å². The van der Waals surface area contributed by atoms with E-state index in [1.54, 1.807) is 12.1 Å². The topological polar surface area (TPSA) is 47.6 Å². The highest BCUT2D eigenvalue weighted by Gasteiger charge is 2.27. The second-order valence-electron chi connectivity index (χ2n) is 6.10. The molecule has 0 radical (unpaired) electrons. The molecule has 2 aromatic carbocycles. The van der Waals surface area contributed by atoms with E-state index in [9.17, 15) is 9.18 Å². The number of carbonyl (C=O) groups excluding carboxylic acids is 1. The van der Waals surface area contributed by atoms with E-state index in [4.69, 9.17) is 9.47 Å². The van der Waals surface area contributed by atoms with Crippen molar-refractivity contribution in [3.05, 3.63) is 58.4 Å². The molecule has 0 aliphatic carbocycles. The van der Waals surface area contributed by atoms with Crippen molar-refractivity contribution >= 4 is 5.91 Å². The van der Waals surface area contributed by atoms with E-state index in [-0.39, 0.29) is 18.1 Å². The number of benzene rings is 2. The average Bonchev–Trinajstić information content (AvgIpc) is 3.23. The van der Waals surface area contributed by atoms with E-state index in [1.165, 1.54) is 12.1 Å². The zero-order chi connectivity index (χ0) is 16.5. The van der Waals surface area contributed by atoms with Gasteiger partial charge in [0.15, 0.2) is 0 Å². The van der Waals surface area contributed by atoms with Gasteiger partial charge in [-0.3, -0.25) is 4.79 Å². The second kappa shape index (κ2) is 6.15. The third-order valence-corrected chi connectivity index (χ3v) is 4.50. The van der Waals surface area contributed by atoms with Crippen LogP contribution in [0.1, 0.15) is 22.3 Å². The van der Waals surface area contributed by atoms with Crippen LogP contribution in [0.4, 0.5) is 4.39 Å². The van der Waals surface area contributed by atoms with Gasteiger partial charge in [0.1, 0.15) is 17.3 Å². The van der Waals surface area contributed by atoms with E-state index in [1.807, 2.05) is 6.07 Å². The Bertz CT molecular complexity index is 754. The lowest BCUT2D eigenvalue weighted by Crippen LogP contribution is -2.25. The maximum Gasteiger partial charge on any atom is 0.224 e. The number of amides is 1. The second-order valence-corrected chi connectivity index (χ2v) is 6.10. The molecule has 5 heteroatoms. The highest BCUT2D eigenvalue weighted by molar-refractivity contribution is 5.80. The Hall–Kier alpha value is -2.56. The van der Waals surface area contributed by atoms with Gasteiger partial charge in [0.25, 0.3) is 0 Å². The van der Waals surface area contributed by atoms with Gasteiger partial charge in [-0.15, -0.1) is 0 Å². The van der Waals surface area contributed by atoms with Gasteiger partial charge >= 0.3 is 0 Å². The molecule has 0 aromatic heterocycles. The molecule has 2 aliphatic rings. The molecule has 1 N–H and O–H groups in total. The standard InChI is InChI=1S/C19H18FNO3/c20-14-3-1-12(2-4-14)11-21-18(22)10-16-15-6-8-23-17(15)9-13-5-7-24-19(13)16/h1-4,9H,5-8,10-11H2,(H,21,22). The number of fused-ring (bicyclic) bond motifs is 2. The first-order valence-electron chi connectivity index (χ1n) is 8.15. The molecule has 4 nitrogen and oxygen atoms in total. The summed E-state index contributed by atoms with van der Waals surface area (Å²) in [4.78, 5) is 12.4. The summed E-state index contributed by atoms with van der Waals surface area (Å²) in [6, 6.07) is 8.17. The minimum absolute atomic E-state index is 0.0719.